The van der Waals surface area contributed by atoms with Crippen LogP contribution in [0.4, 0.5) is 0 Å². The zero-order valence-electron chi connectivity index (χ0n) is 21.3. The van der Waals surface area contributed by atoms with Crippen LogP contribution in [-0.4, -0.2) is 92.7 Å². The Hall–Kier alpha value is -4.93. The monoisotopic (exact) mass is 567 g/mol. The molecule has 0 saturated carbocycles. The molecule has 0 heterocycles. The number of amides is 3. The molecule has 220 valence electrons. The molecular formula is C23H33N7O10. The summed E-state index contributed by atoms with van der Waals surface area (Å²) in [6, 6.07) is -0.807. The summed E-state index contributed by atoms with van der Waals surface area (Å²) in [4.78, 5) is 76.0. The lowest BCUT2D eigenvalue weighted by Crippen LogP contribution is -2.58. The van der Waals surface area contributed by atoms with E-state index in [9.17, 15) is 44.1 Å². The van der Waals surface area contributed by atoms with Crippen molar-refractivity contribution in [3.8, 4) is 5.75 Å². The molecule has 0 aliphatic rings. The number of hydrogen-bond acceptors (Lipinski definition) is 9. The molecule has 13 N–H and O–H groups in total. The average molecular weight is 568 g/mol. The molecule has 0 aliphatic heterocycles. The van der Waals surface area contributed by atoms with Gasteiger partial charge in [-0.25, -0.2) is 4.79 Å². The minimum atomic E-state index is -1.84. The Morgan fingerprint density at radius 1 is 0.775 bits per heavy atom. The van der Waals surface area contributed by atoms with Gasteiger partial charge in [0.2, 0.25) is 17.7 Å². The third-order valence-electron chi connectivity index (χ3n) is 5.32. The summed E-state index contributed by atoms with van der Waals surface area (Å²) in [5.74, 6) is -7.92. The van der Waals surface area contributed by atoms with Crippen LogP contribution in [0.15, 0.2) is 29.3 Å². The molecular weight excluding hydrogens is 534 g/mol. The van der Waals surface area contributed by atoms with Crippen LogP contribution < -0.4 is 33.2 Å². The van der Waals surface area contributed by atoms with Crippen LogP contribution in [-0.2, 0) is 35.2 Å². The van der Waals surface area contributed by atoms with Gasteiger partial charge in [-0.3, -0.25) is 29.0 Å². The number of aliphatic imine (C=N–C) groups is 1. The summed E-state index contributed by atoms with van der Waals surface area (Å²) in [5.41, 5.74) is 16.6. The van der Waals surface area contributed by atoms with Crippen LogP contribution in [0.5, 0.6) is 5.75 Å². The van der Waals surface area contributed by atoms with E-state index in [-0.39, 0.29) is 31.1 Å². The second-order valence-corrected chi connectivity index (χ2v) is 8.64. The first-order chi connectivity index (χ1) is 18.7. The molecule has 0 saturated heterocycles. The van der Waals surface area contributed by atoms with Gasteiger partial charge in [0.25, 0.3) is 0 Å². The number of carbonyl (C=O) groups excluding carboxylic acids is 3. The summed E-state index contributed by atoms with van der Waals surface area (Å²) in [5, 5.41) is 43.5. The molecule has 1 aromatic carbocycles. The number of nitrogens with two attached hydrogens (primary N) is 3. The van der Waals surface area contributed by atoms with Crippen LogP contribution in [0.2, 0.25) is 0 Å². The Kier molecular flexibility index (Phi) is 13.3. The van der Waals surface area contributed by atoms with Crippen LogP contribution >= 0.6 is 0 Å². The van der Waals surface area contributed by atoms with Gasteiger partial charge in [-0.15, -0.1) is 0 Å². The lowest BCUT2D eigenvalue weighted by atomic mass is 10.0. The maximum Gasteiger partial charge on any atom is 0.326 e. The Morgan fingerprint density at radius 2 is 1.27 bits per heavy atom. The van der Waals surface area contributed by atoms with Crippen molar-refractivity contribution in [2.24, 2.45) is 22.2 Å². The highest BCUT2D eigenvalue weighted by molar-refractivity contribution is 5.96. The summed E-state index contributed by atoms with van der Waals surface area (Å²) < 4.78 is 0. The molecule has 40 heavy (non-hydrogen) atoms. The lowest BCUT2D eigenvalue weighted by Gasteiger charge is -2.24. The van der Waals surface area contributed by atoms with Gasteiger partial charge in [0, 0.05) is 13.0 Å². The van der Waals surface area contributed by atoms with Gasteiger partial charge in [-0.1, -0.05) is 12.1 Å². The number of aromatic hydroxyl groups is 1. The number of phenols is 1. The van der Waals surface area contributed by atoms with E-state index in [1.54, 1.807) is 0 Å². The molecule has 0 bridgehead atoms. The number of guanidine groups is 1. The molecule has 0 fully saturated rings. The number of rotatable bonds is 17. The highest BCUT2D eigenvalue weighted by Gasteiger charge is 2.32. The van der Waals surface area contributed by atoms with Crippen LogP contribution in [0.1, 0.15) is 31.2 Å². The van der Waals surface area contributed by atoms with Crippen molar-refractivity contribution in [3.05, 3.63) is 29.8 Å². The summed E-state index contributed by atoms with van der Waals surface area (Å²) in [7, 11) is 0. The molecule has 4 unspecified atom stereocenters. The van der Waals surface area contributed by atoms with Gasteiger partial charge in [0.15, 0.2) is 5.96 Å². The number of carbonyl (C=O) groups is 6. The smallest absolute Gasteiger partial charge is 0.326 e. The molecule has 0 aromatic heterocycles. The minimum Gasteiger partial charge on any atom is -0.508 e. The first-order valence-electron chi connectivity index (χ1n) is 11.9. The van der Waals surface area contributed by atoms with E-state index < -0.39 is 72.6 Å². The van der Waals surface area contributed by atoms with E-state index in [4.69, 9.17) is 22.3 Å². The number of phenolic OH excluding ortho intramolecular Hbond substituents is 1. The number of benzene rings is 1. The SMILES string of the molecule is NC(N)=NCCCC(N)C(=O)NC(CC(=O)O)C(=O)NC(Cc1ccc(O)cc1)C(=O)NC(CC(=O)O)C(=O)O. The van der Waals surface area contributed by atoms with Crippen LogP contribution in [0.3, 0.4) is 0 Å². The number of nitrogens with one attached hydrogen (secondary N) is 3. The lowest BCUT2D eigenvalue weighted by molar-refractivity contribution is -0.147. The maximum absolute atomic E-state index is 13.0. The number of carboxylic acid groups (broad SMARTS) is 3. The molecule has 1 rings (SSSR count). The number of carboxylic acids is 3. The molecule has 17 nitrogen and oxygen atoms in total. The normalized spacial score (nSPS) is 13.5. The van der Waals surface area contributed by atoms with Crippen molar-refractivity contribution in [1.29, 1.82) is 0 Å². The van der Waals surface area contributed by atoms with E-state index >= 15 is 0 Å². The van der Waals surface area contributed by atoms with Gasteiger partial charge < -0.3 is 53.6 Å². The fourth-order valence-corrected chi connectivity index (χ4v) is 3.31. The quantitative estimate of drug-likeness (QED) is 0.0504. The molecule has 0 radical (unpaired) electrons. The largest absolute Gasteiger partial charge is 0.508 e. The van der Waals surface area contributed by atoms with Crippen LogP contribution in [0, 0.1) is 0 Å². The fourth-order valence-electron chi connectivity index (χ4n) is 3.31. The zero-order chi connectivity index (χ0) is 30.4. The molecule has 4 atom stereocenters. The first-order valence-corrected chi connectivity index (χ1v) is 11.9. The zero-order valence-corrected chi connectivity index (χ0v) is 21.3. The van der Waals surface area contributed by atoms with E-state index in [0.29, 0.717) is 12.0 Å². The fraction of sp³-hybridized carbons (Fsp3) is 0.435. The summed E-state index contributed by atoms with van der Waals surface area (Å²) >= 11 is 0. The maximum atomic E-state index is 13.0. The van der Waals surface area contributed by atoms with Gasteiger partial charge in [0.1, 0.15) is 23.9 Å². The predicted octanol–water partition coefficient (Wildman–Crippen LogP) is -3.20. The highest BCUT2D eigenvalue weighted by Crippen LogP contribution is 2.12. The second kappa shape index (κ2) is 16.1. The van der Waals surface area contributed by atoms with Crippen LogP contribution in [0.25, 0.3) is 0 Å². The third kappa shape index (κ3) is 12.5. The number of nitrogens with zero attached hydrogens (tertiary/aromatic N) is 1. The van der Waals surface area contributed by atoms with Gasteiger partial charge in [-0.2, -0.15) is 0 Å². The van der Waals surface area contributed by atoms with Gasteiger partial charge in [0.05, 0.1) is 18.9 Å². The molecule has 17 heteroatoms. The summed E-state index contributed by atoms with van der Waals surface area (Å²) in [6.07, 6.45) is -1.72. The van der Waals surface area contributed by atoms with E-state index in [0.717, 1.165) is 0 Å². The predicted molar refractivity (Wildman–Crippen MR) is 138 cm³/mol. The Morgan fingerprint density at radius 3 is 1.80 bits per heavy atom. The minimum absolute atomic E-state index is 0.0933. The van der Waals surface area contributed by atoms with E-state index in [2.05, 4.69) is 15.6 Å². The van der Waals surface area contributed by atoms with Crippen molar-refractivity contribution in [3.63, 3.8) is 0 Å². The van der Waals surface area contributed by atoms with Crippen molar-refractivity contribution >= 4 is 41.6 Å². The van der Waals surface area contributed by atoms with E-state index in [1.165, 1.54) is 24.3 Å². The Bertz CT molecular complexity index is 1110. The molecule has 1 aromatic rings. The average Bonchev–Trinajstić information content (AvgIpc) is 2.85. The third-order valence-corrected chi connectivity index (χ3v) is 5.32. The number of hydrogen-bond donors (Lipinski definition) is 10. The topological polar surface area (TPSA) is 310 Å². The molecule has 0 aliphatic carbocycles. The van der Waals surface area contributed by atoms with Gasteiger partial charge >= 0.3 is 17.9 Å². The highest BCUT2D eigenvalue weighted by atomic mass is 16.4. The van der Waals surface area contributed by atoms with Crippen molar-refractivity contribution in [1.82, 2.24) is 16.0 Å². The Labute approximate surface area is 227 Å². The summed E-state index contributed by atoms with van der Waals surface area (Å²) in [6.45, 7) is 0.176. The van der Waals surface area contributed by atoms with Gasteiger partial charge in [-0.05, 0) is 30.5 Å². The van der Waals surface area contributed by atoms with Crippen molar-refractivity contribution < 1.29 is 49.2 Å². The standard InChI is InChI=1S/C23H33N7O10/c24-13(2-1-7-27-23(25)26)19(36)28-15(9-17(32)33)21(38)29-14(8-11-3-5-12(31)6-4-11)20(37)30-16(22(39)40)10-18(34)35/h3-6,13-16,31H,1-2,7-10,24H2,(H,28,36)(H,29,38)(H,30,37)(H,32,33)(H,34,35)(H,39,40)(H4,25,26,27). The number of aliphatic carboxylic acids is 3. The first kappa shape index (κ1) is 33.1. The van der Waals surface area contributed by atoms with E-state index in [1.807, 2.05) is 5.32 Å². The molecule has 0 spiro atoms. The Balaban J connectivity index is 3.10. The second-order valence-electron chi connectivity index (χ2n) is 8.64. The molecule has 3 amide bonds. The van der Waals surface area contributed by atoms with Crippen molar-refractivity contribution in [2.75, 3.05) is 6.54 Å². The van der Waals surface area contributed by atoms with Crippen molar-refractivity contribution in [2.45, 2.75) is 56.3 Å².